The van der Waals surface area contributed by atoms with Gasteiger partial charge in [-0.25, -0.2) is 0 Å². The summed E-state index contributed by atoms with van der Waals surface area (Å²) >= 11 is 2.96. The molecule has 0 aliphatic rings. The Bertz CT molecular complexity index is 64.1. The van der Waals surface area contributed by atoms with Gasteiger partial charge in [0.05, 0.1) is 3.76 Å². The van der Waals surface area contributed by atoms with Crippen molar-refractivity contribution in [2.45, 2.75) is 0 Å². The quantitative estimate of drug-likeness (QED) is 0.454. The van der Waals surface area contributed by atoms with Gasteiger partial charge in [0.15, 0.2) is 10.8 Å². The minimum absolute atomic E-state index is 1.48. The number of hydrogen-bond acceptors (Lipinski definition) is 2. The Hall–Kier alpha value is -0.0200. The molecule has 0 aliphatic carbocycles. The highest BCUT2D eigenvalue weighted by Gasteiger charge is 1.79. The van der Waals surface area contributed by atoms with Crippen LogP contribution in [0.15, 0.2) is 10.8 Å². The van der Waals surface area contributed by atoms with Crippen molar-refractivity contribution in [2.75, 3.05) is 0 Å². The van der Waals surface area contributed by atoms with Crippen LogP contribution in [0.2, 0.25) is 0 Å². The lowest BCUT2D eigenvalue weighted by Crippen LogP contribution is -1.20. The molecule has 0 N–H and O–H groups in total. The molecule has 0 aliphatic heterocycles. The summed E-state index contributed by atoms with van der Waals surface area (Å²) in [6.07, 6.45) is 0. The van der Waals surface area contributed by atoms with E-state index in [0.717, 1.165) is 0 Å². The third-order valence-electron chi connectivity index (χ3n) is 0.263. The van der Waals surface area contributed by atoms with E-state index in [-0.39, 0.29) is 0 Å². The SMILES string of the molecule is c1c[s+]ns1. The summed E-state index contributed by atoms with van der Waals surface area (Å²) in [5.74, 6) is 0. The molecule has 0 saturated carbocycles. The summed E-state index contributed by atoms with van der Waals surface area (Å²) in [4.78, 5) is 0. The molecule has 0 radical (unpaired) electrons. The predicted molar refractivity (Wildman–Crippen MR) is 24.4 cm³/mol. The molecule has 1 heterocycles. The zero-order valence-electron chi connectivity index (χ0n) is 2.42. The molecule has 0 fully saturated rings. The number of rotatable bonds is 0. The van der Waals surface area contributed by atoms with E-state index >= 15 is 0 Å². The van der Waals surface area contributed by atoms with Crippen LogP contribution in [0.3, 0.4) is 0 Å². The van der Waals surface area contributed by atoms with Crippen LogP contribution in [0.1, 0.15) is 0 Å². The first kappa shape index (κ1) is 3.18. The molecule has 0 aromatic carbocycles. The maximum Gasteiger partial charge on any atom is 0.200 e. The van der Waals surface area contributed by atoms with Crippen LogP contribution in [0.5, 0.6) is 0 Å². The van der Waals surface area contributed by atoms with Crippen LogP contribution >= 0.6 is 23.1 Å². The Kier molecular flexibility index (Phi) is 0.907. The van der Waals surface area contributed by atoms with E-state index in [1.54, 1.807) is 0 Å². The van der Waals surface area contributed by atoms with Gasteiger partial charge < -0.3 is 0 Å². The fourth-order valence-corrected chi connectivity index (χ4v) is 1.12. The molecular weight excluding hydrogens is 102 g/mol. The summed E-state index contributed by atoms with van der Waals surface area (Å²) in [5, 5.41) is 3.90. The molecule has 5 heavy (non-hydrogen) atoms. The fraction of sp³-hybridized carbons (Fsp3) is 0. The van der Waals surface area contributed by atoms with Crippen molar-refractivity contribution in [1.29, 1.82) is 0 Å². The van der Waals surface area contributed by atoms with Crippen LogP contribution in [0.4, 0.5) is 0 Å². The molecule has 1 nitrogen and oxygen atoms in total. The third-order valence-corrected chi connectivity index (χ3v) is 1.64. The van der Waals surface area contributed by atoms with Crippen LogP contribution in [0.25, 0.3) is 0 Å². The number of hydrogen-bond donors (Lipinski definition) is 0. The monoisotopic (exact) mass is 104 g/mol. The largest absolute Gasteiger partial charge is 0.200 e. The standard InChI is InChI=1S/C2H2NS2/c1-2-5-3-4-1/h1-2H/q+1. The van der Waals surface area contributed by atoms with Crippen molar-refractivity contribution in [2.24, 2.45) is 0 Å². The number of aromatic nitrogens is 1. The second-order valence-electron chi connectivity index (χ2n) is 0.558. The van der Waals surface area contributed by atoms with Crippen molar-refractivity contribution in [3.05, 3.63) is 10.8 Å². The highest BCUT2D eigenvalue weighted by molar-refractivity contribution is 7.18. The summed E-state index contributed by atoms with van der Waals surface area (Å²) < 4.78 is 3.81. The molecule has 1 rings (SSSR count). The van der Waals surface area contributed by atoms with Gasteiger partial charge in [-0.15, -0.1) is 0 Å². The Balaban J connectivity index is 3.13. The van der Waals surface area contributed by atoms with E-state index in [1.165, 1.54) is 23.1 Å². The Labute approximate surface area is 38.2 Å². The van der Waals surface area contributed by atoms with E-state index in [2.05, 4.69) is 3.76 Å². The Morgan fingerprint density at radius 3 is 3.00 bits per heavy atom. The van der Waals surface area contributed by atoms with Crippen molar-refractivity contribution in [3.63, 3.8) is 0 Å². The highest BCUT2D eigenvalue weighted by atomic mass is 32.2. The predicted octanol–water partition coefficient (Wildman–Crippen LogP) is 1.49. The minimum Gasteiger partial charge on any atom is 0.0817 e. The van der Waals surface area contributed by atoms with E-state index < -0.39 is 0 Å². The average Bonchev–Trinajstić information content (AvgIpc) is 1.76. The van der Waals surface area contributed by atoms with E-state index in [4.69, 9.17) is 0 Å². The van der Waals surface area contributed by atoms with Gasteiger partial charge in [0, 0.05) is 0 Å². The second-order valence-corrected chi connectivity index (χ2v) is 2.12. The van der Waals surface area contributed by atoms with E-state index in [0.29, 0.717) is 0 Å². The molecule has 1 aromatic heterocycles. The maximum absolute atomic E-state index is 3.81. The molecule has 0 unspecified atom stereocenters. The summed E-state index contributed by atoms with van der Waals surface area (Å²) in [6, 6.07) is 0. The Morgan fingerprint density at radius 2 is 2.80 bits per heavy atom. The van der Waals surface area contributed by atoms with Crippen LogP contribution in [0, 0.1) is 0 Å². The van der Waals surface area contributed by atoms with Crippen molar-refractivity contribution in [3.8, 4) is 0 Å². The molecule has 0 amide bonds. The summed E-state index contributed by atoms with van der Waals surface area (Å²) in [7, 11) is 0. The van der Waals surface area contributed by atoms with E-state index in [9.17, 15) is 0 Å². The summed E-state index contributed by atoms with van der Waals surface area (Å²) in [6.45, 7) is 0. The molecule has 0 spiro atoms. The second kappa shape index (κ2) is 1.43. The average molecular weight is 104 g/mol. The molecule has 3 heteroatoms. The smallest absolute Gasteiger partial charge is 0.0817 e. The number of nitrogens with zero attached hydrogens (tertiary/aromatic N) is 1. The van der Waals surface area contributed by atoms with Gasteiger partial charge in [-0.1, -0.05) is 0 Å². The zero-order chi connectivity index (χ0) is 3.54. The molecule has 1 aromatic rings. The van der Waals surface area contributed by atoms with Crippen molar-refractivity contribution in [1.82, 2.24) is 3.76 Å². The van der Waals surface area contributed by atoms with Crippen LogP contribution in [-0.4, -0.2) is 3.76 Å². The topological polar surface area (TPSA) is 12.9 Å². The van der Waals surface area contributed by atoms with Gasteiger partial charge in [0.25, 0.3) is 0 Å². The molecule has 0 saturated heterocycles. The maximum atomic E-state index is 3.81. The third kappa shape index (κ3) is 0.629. The molecule has 0 bridgehead atoms. The Morgan fingerprint density at radius 1 is 1.80 bits per heavy atom. The fourth-order valence-electron chi connectivity index (χ4n) is 0.124. The van der Waals surface area contributed by atoms with Gasteiger partial charge in [-0.3, -0.25) is 0 Å². The van der Waals surface area contributed by atoms with Gasteiger partial charge in [0.2, 0.25) is 23.1 Å². The van der Waals surface area contributed by atoms with Gasteiger partial charge >= 0.3 is 0 Å². The van der Waals surface area contributed by atoms with Crippen molar-refractivity contribution >= 4 is 23.1 Å². The van der Waals surface area contributed by atoms with E-state index in [1.807, 2.05) is 10.8 Å². The first-order valence-electron chi connectivity index (χ1n) is 1.17. The highest BCUT2D eigenvalue weighted by Crippen LogP contribution is 1.92. The first-order chi connectivity index (χ1) is 2.50. The van der Waals surface area contributed by atoms with Gasteiger partial charge in [0.1, 0.15) is 0 Å². The van der Waals surface area contributed by atoms with Crippen molar-refractivity contribution < 1.29 is 0 Å². The first-order valence-corrected chi connectivity index (χ1v) is 2.84. The molecular formula is C2H2NS2+. The summed E-state index contributed by atoms with van der Waals surface area (Å²) in [5.41, 5.74) is 0. The molecule has 0 atom stereocenters. The zero-order valence-corrected chi connectivity index (χ0v) is 4.05. The van der Waals surface area contributed by atoms with Crippen LogP contribution < -0.4 is 0 Å². The van der Waals surface area contributed by atoms with Gasteiger partial charge in [-0.2, -0.15) is 0 Å². The lowest BCUT2D eigenvalue weighted by molar-refractivity contribution is 1.91. The van der Waals surface area contributed by atoms with Crippen LogP contribution in [-0.2, 0) is 0 Å². The molecule has 26 valence electrons. The normalized spacial score (nSPS) is 8.00. The lowest BCUT2D eigenvalue weighted by atomic mass is 11.2. The minimum atomic E-state index is 1.48. The lowest BCUT2D eigenvalue weighted by Gasteiger charge is -1.17. The van der Waals surface area contributed by atoms with Gasteiger partial charge in [-0.05, 0) is 0 Å².